The Kier molecular flexibility index (Phi) is 7.47. The van der Waals surface area contributed by atoms with E-state index in [2.05, 4.69) is 10.0 Å². The molecule has 104 valence electrons. The van der Waals surface area contributed by atoms with Gasteiger partial charge in [0, 0.05) is 12.6 Å². The standard InChI is InChI=1S/C12H20N2O2S.ClH/c1-4-11-7-5-6-8-12(11)17(15,16)14-9-10(2)13-3;/h5-8,10,13-14H,4,9H2,1-3H3;1H. The summed E-state index contributed by atoms with van der Waals surface area (Å²) in [5, 5.41) is 2.99. The van der Waals surface area contributed by atoms with Crippen molar-refractivity contribution in [3.05, 3.63) is 29.8 Å². The fraction of sp³-hybridized carbons (Fsp3) is 0.500. The summed E-state index contributed by atoms with van der Waals surface area (Å²) >= 11 is 0. The van der Waals surface area contributed by atoms with Crippen LogP contribution in [0.15, 0.2) is 29.2 Å². The zero-order valence-corrected chi connectivity index (χ0v) is 12.6. The van der Waals surface area contributed by atoms with Crippen molar-refractivity contribution in [1.82, 2.24) is 10.0 Å². The predicted molar refractivity (Wildman–Crippen MR) is 76.8 cm³/mol. The summed E-state index contributed by atoms with van der Waals surface area (Å²) in [5.41, 5.74) is 0.845. The van der Waals surface area contributed by atoms with Crippen molar-refractivity contribution >= 4 is 22.4 Å². The largest absolute Gasteiger partial charge is 0.316 e. The summed E-state index contributed by atoms with van der Waals surface area (Å²) < 4.78 is 26.8. The number of likely N-dealkylation sites (N-methyl/N-ethyl adjacent to an activating group) is 1. The molecule has 0 amide bonds. The summed E-state index contributed by atoms with van der Waals surface area (Å²) in [6.07, 6.45) is 0.707. The molecule has 1 atom stereocenters. The van der Waals surface area contributed by atoms with Crippen LogP contribution in [0.25, 0.3) is 0 Å². The molecule has 0 saturated carbocycles. The molecule has 0 fully saturated rings. The second kappa shape index (κ2) is 7.74. The lowest BCUT2D eigenvalue weighted by Crippen LogP contribution is -2.37. The maximum Gasteiger partial charge on any atom is 0.240 e. The molecule has 1 aromatic rings. The maximum atomic E-state index is 12.1. The number of benzene rings is 1. The van der Waals surface area contributed by atoms with Crippen molar-refractivity contribution in [3.63, 3.8) is 0 Å². The van der Waals surface area contributed by atoms with Crippen LogP contribution in [0.4, 0.5) is 0 Å². The van der Waals surface area contributed by atoms with Crippen LogP contribution >= 0.6 is 12.4 Å². The number of hydrogen-bond acceptors (Lipinski definition) is 3. The molecule has 0 radical (unpaired) electrons. The lowest BCUT2D eigenvalue weighted by atomic mass is 10.2. The highest BCUT2D eigenvalue weighted by Gasteiger charge is 2.17. The van der Waals surface area contributed by atoms with Crippen LogP contribution in [0.2, 0.25) is 0 Å². The van der Waals surface area contributed by atoms with E-state index in [-0.39, 0.29) is 18.4 Å². The number of rotatable bonds is 6. The first kappa shape index (κ1) is 17.4. The van der Waals surface area contributed by atoms with Gasteiger partial charge in [-0.05, 0) is 32.0 Å². The maximum absolute atomic E-state index is 12.1. The van der Waals surface area contributed by atoms with Crippen LogP contribution in [-0.4, -0.2) is 28.1 Å². The Balaban J connectivity index is 0.00000289. The number of halogens is 1. The molecular weight excluding hydrogens is 272 g/mol. The molecular formula is C12H21ClN2O2S. The summed E-state index contributed by atoms with van der Waals surface area (Å²) in [6, 6.07) is 7.20. The van der Waals surface area contributed by atoms with Gasteiger partial charge in [-0.3, -0.25) is 0 Å². The van der Waals surface area contributed by atoms with Gasteiger partial charge in [0.25, 0.3) is 0 Å². The molecule has 0 bridgehead atoms. The molecule has 0 spiro atoms. The van der Waals surface area contributed by atoms with Crippen molar-refractivity contribution in [1.29, 1.82) is 0 Å². The van der Waals surface area contributed by atoms with E-state index in [9.17, 15) is 8.42 Å². The fourth-order valence-electron chi connectivity index (χ4n) is 1.47. The van der Waals surface area contributed by atoms with E-state index in [1.165, 1.54) is 0 Å². The lowest BCUT2D eigenvalue weighted by Gasteiger charge is -2.13. The SMILES string of the molecule is CCc1ccccc1S(=O)(=O)NCC(C)NC.Cl. The summed E-state index contributed by atoms with van der Waals surface area (Å²) in [7, 11) is -1.59. The number of nitrogens with one attached hydrogen (secondary N) is 2. The summed E-state index contributed by atoms with van der Waals surface area (Å²) in [4.78, 5) is 0.380. The highest BCUT2D eigenvalue weighted by molar-refractivity contribution is 7.89. The van der Waals surface area contributed by atoms with Gasteiger partial charge in [-0.15, -0.1) is 12.4 Å². The van der Waals surface area contributed by atoms with E-state index in [0.29, 0.717) is 17.9 Å². The van der Waals surface area contributed by atoms with Crippen LogP contribution < -0.4 is 10.0 Å². The average molecular weight is 293 g/mol. The van der Waals surface area contributed by atoms with Gasteiger partial charge >= 0.3 is 0 Å². The van der Waals surface area contributed by atoms with Gasteiger partial charge in [-0.25, -0.2) is 13.1 Å². The van der Waals surface area contributed by atoms with Gasteiger partial charge in [-0.1, -0.05) is 25.1 Å². The molecule has 1 rings (SSSR count). The van der Waals surface area contributed by atoms with E-state index in [4.69, 9.17) is 0 Å². The minimum Gasteiger partial charge on any atom is -0.316 e. The highest BCUT2D eigenvalue weighted by Crippen LogP contribution is 2.15. The van der Waals surface area contributed by atoms with Crippen molar-refractivity contribution in [2.24, 2.45) is 0 Å². The number of hydrogen-bond donors (Lipinski definition) is 2. The molecule has 2 N–H and O–H groups in total. The predicted octanol–water partition coefficient (Wildman–Crippen LogP) is 1.56. The molecule has 18 heavy (non-hydrogen) atoms. The minimum absolute atomic E-state index is 0. The van der Waals surface area contributed by atoms with Crippen molar-refractivity contribution in [2.45, 2.75) is 31.2 Å². The molecule has 1 unspecified atom stereocenters. The van der Waals surface area contributed by atoms with Crippen molar-refractivity contribution in [2.75, 3.05) is 13.6 Å². The Bertz CT molecular complexity index is 463. The minimum atomic E-state index is -3.40. The first-order valence-corrected chi connectivity index (χ1v) is 7.24. The molecule has 0 aliphatic heterocycles. The van der Waals surface area contributed by atoms with E-state index in [1.807, 2.05) is 26.0 Å². The molecule has 0 aliphatic carbocycles. The van der Waals surface area contributed by atoms with Gasteiger partial charge in [0.2, 0.25) is 10.0 Å². The van der Waals surface area contributed by atoms with Gasteiger partial charge in [0.15, 0.2) is 0 Å². The Labute approximate surface area is 116 Å². The first-order valence-electron chi connectivity index (χ1n) is 5.76. The van der Waals surface area contributed by atoms with Crippen LogP contribution in [0, 0.1) is 0 Å². The smallest absolute Gasteiger partial charge is 0.240 e. The molecule has 0 heterocycles. The Morgan fingerprint density at radius 2 is 1.89 bits per heavy atom. The summed E-state index contributed by atoms with van der Waals surface area (Å²) in [6.45, 7) is 4.26. The number of aryl methyl sites for hydroxylation is 1. The normalized spacial score (nSPS) is 12.8. The van der Waals surface area contributed by atoms with Crippen LogP contribution in [-0.2, 0) is 16.4 Å². The molecule has 0 aliphatic rings. The van der Waals surface area contributed by atoms with Gasteiger partial charge < -0.3 is 5.32 Å². The van der Waals surface area contributed by atoms with E-state index in [1.54, 1.807) is 19.2 Å². The Hall–Kier alpha value is -0.620. The third-order valence-corrected chi connectivity index (χ3v) is 4.24. The second-order valence-corrected chi connectivity index (χ2v) is 5.74. The van der Waals surface area contributed by atoms with E-state index in [0.717, 1.165) is 5.56 Å². The fourth-order valence-corrected chi connectivity index (χ4v) is 2.91. The Morgan fingerprint density at radius 1 is 1.28 bits per heavy atom. The van der Waals surface area contributed by atoms with E-state index < -0.39 is 10.0 Å². The Morgan fingerprint density at radius 3 is 2.44 bits per heavy atom. The van der Waals surface area contributed by atoms with Gasteiger partial charge in [0.05, 0.1) is 4.90 Å². The average Bonchev–Trinajstić information content (AvgIpc) is 2.35. The monoisotopic (exact) mass is 292 g/mol. The second-order valence-electron chi connectivity index (χ2n) is 4.00. The first-order chi connectivity index (χ1) is 8.01. The molecule has 0 aromatic heterocycles. The summed E-state index contributed by atoms with van der Waals surface area (Å²) in [5.74, 6) is 0. The van der Waals surface area contributed by atoms with E-state index >= 15 is 0 Å². The quantitative estimate of drug-likeness (QED) is 0.836. The molecule has 4 nitrogen and oxygen atoms in total. The van der Waals surface area contributed by atoms with Crippen LogP contribution in [0.5, 0.6) is 0 Å². The molecule has 6 heteroatoms. The lowest BCUT2D eigenvalue weighted by molar-refractivity contribution is 0.553. The number of sulfonamides is 1. The van der Waals surface area contributed by atoms with Crippen molar-refractivity contribution < 1.29 is 8.42 Å². The van der Waals surface area contributed by atoms with Crippen LogP contribution in [0.1, 0.15) is 19.4 Å². The zero-order chi connectivity index (χ0) is 12.9. The highest BCUT2D eigenvalue weighted by atomic mass is 35.5. The van der Waals surface area contributed by atoms with Gasteiger partial charge in [0.1, 0.15) is 0 Å². The third kappa shape index (κ3) is 4.57. The topological polar surface area (TPSA) is 58.2 Å². The van der Waals surface area contributed by atoms with Crippen molar-refractivity contribution in [3.8, 4) is 0 Å². The van der Waals surface area contributed by atoms with Crippen LogP contribution in [0.3, 0.4) is 0 Å². The molecule has 0 saturated heterocycles. The molecule has 1 aromatic carbocycles. The third-order valence-electron chi connectivity index (χ3n) is 2.72. The zero-order valence-electron chi connectivity index (χ0n) is 10.9. The van der Waals surface area contributed by atoms with Gasteiger partial charge in [-0.2, -0.15) is 0 Å².